The summed E-state index contributed by atoms with van der Waals surface area (Å²) >= 11 is 1.20. The van der Waals surface area contributed by atoms with Crippen LogP contribution in [0.2, 0.25) is 0 Å². The van der Waals surface area contributed by atoms with Gasteiger partial charge < -0.3 is 10.0 Å². The Balaban J connectivity index is 2.14. The molecule has 2 heterocycles. The van der Waals surface area contributed by atoms with Crippen LogP contribution in [0.5, 0.6) is 0 Å². The molecule has 2 N–H and O–H groups in total. The quantitative estimate of drug-likeness (QED) is 0.846. The van der Waals surface area contributed by atoms with Gasteiger partial charge in [0.15, 0.2) is 0 Å². The Bertz CT molecular complexity index is 450. The molecule has 1 atom stereocenters. The summed E-state index contributed by atoms with van der Waals surface area (Å²) in [6.45, 7) is 2.02. The Morgan fingerprint density at radius 1 is 1.56 bits per heavy atom. The second-order valence-electron chi connectivity index (χ2n) is 4.36. The van der Waals surface area contributed by atoms with Crippen molar-refractivity contribution in [3.63, 3.8) is 0 Å². The number of likely N-dealkylation sites (tertiary alicyclic amines) is 1. The van der Waals surface area contributed by atoms with Crippen molar-refractivity contribution in [3.05, 3.63) is 5.51 Å². The van der Waals surface area contributed by atoms with E-state index >= 15 is 0 Å². The van der Waals surface area contributed by atoms with Gasteiger partial charge in [-0.2, -0.15) is 0 Å². The molecule has 1 aromatic rings. The number of carbonyl (C=O) groups excluding carboxylic acids is 1. The largest absolute Gasteiger partial charge is 0.480 e. The third-order valence-electron chi connectivity index (χ3n) is 3.17. The van der Waals surface area contributed by atoms with Crippen molar-refractivity contribution < 1.29 is 14.7 Å². The molecule has 1 aromatic heterocycles. The van der Waals surface area contributed by atoms with E-state index in [2.05, 4.69) is 15.5 Å². The third kappa shape index (κ3) is 2.28. The third-order valence-corrected chi connectivity index (χ3v) is 3.78. The van der Waals surface area contributed by atoms with E-state index in [1.54, 1.807) is 6.92 Å². The molecule has 2 amide bonds. The van der Waals surface area contributed by atoms with Crippen LogP contribution in [0.15, 0.2) is 5.51 Å². The summed E-state index contributed by atoms with van der Waals surface area (Å²) in [6.07, 6.45) is 2.09. The SMILES string of the molecule is CC1(C(=O)O)CCCCN1C(=O)Nc1nncs1. The lowest BCUT2D eigenvalue weighted by molar-refractivity contribution is -0.150. The summed E-state index contributed by atoms with van der Waals surface area (Å²) < 4.78 is 0. The van der Waals surface area contributed by atoms with E-state index in [1.165, 1.54) is 21.7 Å². The average Bonchev–Trinajstić information content (AvgIpc) is 2.82. The minimum Gasteiger partial charge on any atom is -0.480 e. The molecular formula is C10H14N4O3S. The van der Waals surface area contributed by atoms with Crippen molar-refractivity contribution >= 4 is 28.5 Å². The van der Waals surface area contributed by atoms with Gasteiger partial charge in [0.2, 0.25) is 5.13 Å². The van der Waals surface area contributed by atoms with Gasteiger partial charge in [0.25, 0.3) is 0 Å². The maximum Gasteiger partial charge on any atom is 0.329 e. The number of nitrogens with one attached hydrogen (secondary N) is 1. The molecule has 1 saturated heterocycles. The van der Waals surface area contributed by atoms with Crippen molar-refractivity contribution in [2.45, 2.75) is 31.7 Å². The van der Waals surface area contributed by atoms with E-state index in [4.69, 9.17) is 0 Å². The van der Waals surface area contributed by atoms with Crippen LogP contribution in [0, 0.1) is 0 Å². The number of rotatable bonds is 2. The molecule has 1 fully saturated rings. The van der Waals surface area contributed by atoms with Crippen LogP contribution in [0.4, 0.5) is 9.93 Å². The molecule has 0 saturated carbocycles. The molecular weight excluding hydrogens is 256 g/mol. The smallest absolute Gasteiger partial charge is 0.329 e. The van der Waals surface area contributed by atoms with Crippen molar-refractivity contribution in [2.24, 2.45) is 0 Å². The maximum atomic E-state index is 12.1. The van der Waals surface area contributed by atoms with Crippen molar-refractivity contribution in [2.75, 3.05) is 11.9 Å². The Morgan fingerprint density at radius 2 is 2.33 bits per heavy atom. The maximum absolute atomic E-state index is 12.1. The Morgan fingerprint density at radius 3 is 2.94 bits per heavy atom. The Labute approximate surface area is 108 Å². The average molecular weight is 270 g/mol. The van der Waals surface area contributed by atoms with Crippen molar-refractivity contribution in [1.82, 2.24) is 15.1 Å². The highest BCUT2D eigenvalue weighted by atomic mass is 32.1. The number of carboxylic acid groups (broad SMARTS) is 1. The first-order chi connectivity index (χ1) is 8.54. The number of carboxylic acids is 1. The zero-order chi connectivity index (χ0) is 13.2. The number of nitrogens with zero attached hydrogens (tertiary/aromatic N) is 3. The van der Waals surface area contributed by atoms with Crippen LogP contribution in [0.3, 0.4) is 0 Å². The molecule has 7 nitrogen and oxygen atoms in total. The summed E-state index contributed by atoms with van der Waals surface area (Å²) in [7, 11) is 0. The highest BCUT2D eigenvalue weighted by molar-refractivity contribution is 7.13. The van der Waals surface area contributed by atoms with Gasteiger partial charge in [0, 0.05) is 6.54 Å². The van der Waals surface area contributed by atoms with E-state index in [-0.39, 0.29) is 0 Å². The van der Waals surface area contributed by atoms with Crippen LogP contribution in [-0.2, 0) is 4.79 Å². The summed E-state index contributed by atoms with van der Waals surface area (Å²) in [5.41, 5.74) is 0.356. The van der Waals surface area contributed by atoms with Gasteiger partial charge in [0.05, 0.1) is 0 Å². The molecule has 2 rings (SSSR count). The fourth-order valence-electron chi connectivity index (χ4n) is 2.06. The van der Waals surface area contributed by atoms with E-state index in [0.717, 1.165) is 12.8 Å². The van der Waals surface area contributed by atoms with E-state index in [0.29, 0.717) is 18.1 Å². The molecule has 0 radical (unpaired) electrons. The first-order valence-corrected chi connectivity index (χ1v) is 6.50. The van der Waals surface area contributed by atoms with Crippen LogP contribution >= 0.6 is 11.3 Å². The number of amides is 2. The number of piperidine rings is 1. The van der Waals surface area contributed by atoms with Gasteiger partial charge in [-0.05, 0) is 26.2 Å². The Hall–Kier alpha value is -1.70. The molecule has 1 aliphatic heterocycles. The predicted molar refractivity (Wildman–Crippen MR) is 65.5 cm³/mol. The Kier molecular flexibility index (Phi) is 3.46. The normalized spacial score (nSPS) is 23.7. The molecule has 0 spiro atoms. The standard InChI is InChI=1S/C10H14N4O3S/c1-10(7(15)16)4-2-3-5-14(10)9(17)12-8-13-11-6-18-8/h6H,2-5H2,1H3,(H,15,16)(H,12,13,17). The fourth-order valence-corrected chi connectivity index (χ4v) is 2.49. The number of hydrogen-bond acceptors (Lipinski definition) is 5. The van der Waals surface area contributed by atoms with Crippen LogP contribution < -0.4 is 5.32 Å². The monoisotopic (exact) mass is 270 g/mol. The van der Waals surface area contributed by atoms with Gasteiger partial charge in [-0.3, -0.25) is 5.32 Å². The molecule has 98 valence electrons. The van der Waals surface area contributed by atoms with Crippen molar-refractivity contribution in [1.29, 1.82) is 0 Å². The molecule has 18 heavy (non-hydrogen) atoms. The minimum atomic E-state index is -1.15. The van der Waals surface area contributed by atoms with Crippen LogP contribution in [-0.4, -0.2) is 44.3 Å². The molecule has 8 heteroatoms. The van der Waals surface area contributed by atoms with Gasteiger partial charge >= 0.3 is 12.0 Å². The van der Waals surface area contributed by atoms with Gasteiger partial charge in [-0.15, -0.1) is 10.2 Å². The lowest BCUT2D eigenvalue weighted by Gasteiger charge is -2.41. The molecule has 0 aliphatic carbocycles. The highest BCUT2D eigenvalue weighted by Crippen LogP contribution is 2.29. The van der Waals surface area contributed by atoms with Gasteiger partial charge in [-0.25, -0.2) is 9.59 Å². The van der Waals surface area contributed by atoms with Crippen molar-refractivity contribution in [3.8, 4) is 0 Å². The van der Waals surface area contributed by atoms with E-state index in [9.17, 15) is 14.7 Å². The summed E-state index contributed by atoms with van der Waals surface area (Å²) in [5, 5.41) is 19.6. The zero-order valence-electron chi connectivity index (χ0n) is 9.92. The summed E-state index contributed by atoms with van der Waals surface area (Å²) in [4.78, 5) is 24.8. The molecule has 0 bridgehead atoms. The van der Waals surface area contributed by atoms with Gasteiger partial charge in [-0.1, -0.05) is 11.3 Å². The highest BCUT2D eigenvalue weighted by Gasteiger charge is 2.44. The van der Waals surface area contributed by atoms with Crippen LogP contribution in [0.25, 0.3) is 0 Å². The summed E-state index contributed by atoms with van der Waals surface area (Å²) in [5.74, 6) is -0.977. The number of hydrogen-bond donors (Lipinski definition) is 2. The minimum absolute atomic E-state index is 0.373. The topological polar surface area (TPSA) is 95.4 Å². The number of aliphatic carboxylic acids is 1. The zero-order valence-corrected chi connectivity index (χ0v) is 10.7. The van der Waals surface area contributed by atoms with Gasteiger partial charge in [0.1, 0.15) is 11.0 Å². The number of anilines is 1. The molecule has 1 unspecified atom stereocenters. The first-order valence-electron chi connectivity index (χ1n) is 5.62. The van der Waals surface area contributed by atoms with E-state index in [1.807, 2.05) is 0 Å². The number of urea groups is 1. The lowest BCUT2D eigenvalue weighted by atomic mass is 9.89. The second-order valence-corrected chi connectivity index (χ2v) is 5.20. The number of carbonyl (C=O) groups is 2. The fraction of sp³-hybridized carbons (Fsp3) is 0.600. The first kappa shape index (κ1) is 12.7. The predicted octanol–water partition coefficient (Wildman–Crippen LogP) is 1.40. The second kappa shape index (κ2) is 4.89. The molecule has 0 aromatic carbocycles. The number of aromatic nitrogens is 2. The van der Waals surface area contributed by atoms with Crippen LogP contribution in [0.1, 0.15) is 26.2 Å². The molecule has 1 aliphatic rings. The van der Waals surface area contributed by atoms with E-state index < -0.39 is 17.5 Å². The lowest BCUT2D eigenvalue weighted by Crippen LogP contribution is -2.58. The summed E-state index contributed by atoms with van der Waals surface area (Å²) in [6, 6.07) is -0.434.